The van der Waals surface area contributed by atoms with E-state index in [4.69, 9.17) is 4.74 Å². The molecule has 0 saturated heterocycles. The van der Waals surface area contributed by atoms with Crippen LogP contribution in [0.15, 0.2) is 46.9 Å². The first kappa shape index (κ1) is 20.2. The third kappa shape index (κ3) is 6.30. The van der Waals surface area contributed by atoms with Crippen LogP contribution in [-0.4, -0.2) is 26.2 Å². The van der Waals surface area contributed by atoms with Crippen molar-refractivity contribution in [3.05, 3.63) is 52.8 Å². The van der Waals surface area contributed by atoms with Crippen LogP contribution in [0.1, 0.15) is 13.8 Å². The maximum Gasteiger partial charge on any atom is 0.241 e. The van der Waals surface area contributed by atoms with E-state index in [1.165, 1.54) is 30.3 Å². The van der Waals surface area contributed by atoms with Gasteiger partial charge in [0, 0.05) is 10.2 Å². The van der Waals surface area contributed by atoms with Crippen molar-refractivity contribution < 1.29 is 22.3 Å². The zero-order valence-electron chi connectivity index (χ0n) is 14.1. The van der Waals surface area contributed by atoms with E-state index < -0.39 is 27.5 Å². The Bertz CT molecular complexity index is 886. The summed E-state index contributed by atoms with van der Waals surface area (Å²) in [4.78, 5) is 11.9. The molecule has 0 aliphatic rings. The number of ether oxygens (including phenoxy) is 1. The lowest BCUT2D eigenvalue weighted by atomic mass is 10.3. The van der Waals surface area contributed by atoms with Crippen molar-refractivity contribution in [2.45, 2.75) is 20.0 Å². The third-order valence-corrected chi connectivity index (χ3v) is 4.71. The van der Waals surface area contributed by atoms with Crippen LogP contribution >= 0.6 is 15.9 Å². The summed E-state index contributed by atoms with van der Waals surface area (Å²) >= 11 is 3.10. The molecule has 26 heavy (non-hydrogen) atoms. The number of benzene rings is 2. The Morgan fingerprint density at radius 2 is 1.85 bits per heavy atom. The van der Waals surface area contributed by atoms with Crippen LogP contribution in [0.25, 0.3) is 0 Å². The summed E-state index contributed by atoms with van der Waals surface area (Å²) in [5, 5.41) is 2.24. The van der Waals surface area contributed by atoms with Crippen molar-refractivity contribution in [2.75, 3.05) is 15.8 Å². The number of hydrogen-bond donors (Lipinski definition) is 2. The molecule has 2 aromatic rings. The number of carbonyl (C=O) groups excluding carboxylic acids is 1. The SMILES string of the molecule is CC(C)Oc1ccc(NS(=O)(=O)CC(=O)Nc2ccc(Br)cc2F)cc1. The highest BCUT2D eigenvalue weighted by Crippen LogP contribution is 2.20. The molecule has 0 aliphatic carbocycles. The summed E-state index contributed by atoms with van der Waals surface area (Å²) in [7, 11) is -3.95. The highest BCUT2D eigenvalue weighted by atomic mass is 79.9. The lowest BCUT2D eigenvalue weighted by Gasteiger charge is -2.12. The van der Waals surface area contributed by atoms with Gasteiger partial charge in [-0.05, 0) is 56.3 Å². The second-order valence-corrected chi connectivity index (χ2v) is 8.36. The molecule has 6 nitrogen and oxygen atoms in total. The molecule has 0 bridgehead atoms. The maximum absolute atomic E-state index is 13.7. The van der Waals surface area contributed by atoms with Crippen molar-refractivity contribution in [3.63, 3.8) is 0 Å². The van der Waals surface area contributed by atoms with Crippen molar-refractivity contribution in [3.8, 4) is 5.75 Å². The quantitative estimate of drug-likeness (QED) is 0.680. The summed E-state index contributed by atoms with van der Waals surface area (Å²) in [6, 6.07) is 10.3. The Labute approximate surface area is 159 Å². The molecule has 0 saturated carbocycles. The minimum absolute atomic E-state index is 0.000225. The fourth-order valence-corrected chi connectivity index (χ4v) is 3.36. The number of rotatable bonds is 7. The van der Waals surface area contributed by atoms with Gasteiger partial charge in [0.2, 0.25) is 15.9 Å². The number of nitrogens with one attached hydrogen (secondary N) is 2. The molecule has 2 rings (SSSR count). The fraction of sp³-hybridized carbons (Fsp3) is 0.235. The minimum atomic E-state index is -3.95. The van der Waals surface area contributed by atoms with E-state index in [-0.39, 0.29) is 11.8 Å². The summed E-state index contributed by atoms with van der Waals surface area (Å²) < 4.78 is 46.2. The van der Waals surface area contributed by atoms with Crippen LogP contribution in [0.5, 0.6) is 5.75 Å². The normalized spacial score (nSPS) is 11.3. The molecule has 0 spiro atoms. The van der Waals surface area contributed by atoms with Crippen LogP contribution in [-0.2, 0) is 14.8 Å². The van der Waals surface area contributed by atoms with E-state index in [1.54, 1.807) is 12.1 Å². The second-order valence-electron chi connectivity index (χ2n) is 5.72. The van der Waals surface area contributed by atoms with Gasteiger partial charge in [0.05, 0.1) is 11.8 Å². The molecule has 0 atom stereocenters. The molecule has 0 heterocycles. The van der Waals surface area contributed by atoms with Gasteiger partial charge in [0.1, 0.15) is 17.3 Å². The fourth-order valence-electron chi connectivity index (χ4n) is 2.04. The van der Waals surface area contributed by atoms with Gasteiger partial charge in [-0.1, -0.05) is 15.9 Å². The number of anilines is 2. The van der Waals surface area contributed by atoms with E-state index in [0.29, 0.717) is 15.9 Å². The summed E-state index contributed by atoms with van der Waals surface area (Å²) in [5.41, 5.74) is 0.201. The molecular formula is C17H18BrFN2O4S. The smallest absolute Gasteiger partial charge is 0.241 e. The first-order chi connectivity index (χ1) is 12.1. The van der Waals surface area contributed by atoms with Gasteiger partial charge in [-0.25, -0.2) is 12.8 Å². The van der Waals surface area contributed by atoms with Gasteiger partial charge in [-0.15, -0.1) is 0 Å². The number of halogens is 2. The van der Waals surface area contributed by atoms with Crippen molar-refractivity contribution in [1.29, 1.82) is 0 Å². The van der Waals surface area contributed by atoms with Gasteiger partial charge < -0.3 is 10.1 Å². The van der Waals surface area contributed by atoms with E-state index in [1.807, 2.05) is 13.8 Å². The molecule has 0 radical (unpaired) electrons. The average molecular weight is 445 g/mol. The Kier molecular flexibility index (Phi) is 6.60. The molecule has 2 N–H and O–H groups in total. The minimum Gasteiger partial charge on any atom is -0.491 e. The monoisotopic (exact) mass is 444 g/mol. The van der Waals surface area contributed by atoms with Crippen LogP contribution in [0.4, 0.5) is 15.8 Å². The van der Waals surface area contributed by atoms with Gasteiger partial charge in [0.25, 0.3) is 0 Å². The molecule has 0 aliphatic heterocycles. The molecule has 0 aromatic heterocycles. The highest BCUT2D eigenvalue weighted by Gasteiger charge is 2.18. The van der Waals surface area contributed by atoms with E-state index >= 15 is 0 Å². The first-order valence-corrected chi connectivity index (χ1v) is 10.1. The van der Waals surface area contributed by atoms with Crippen LogP contribution in [0.2, 0.25) is 0 Å². The topological polar surface area (TPSA) is 84.5 Å². The lowest BCUT2D eigenvalue weighted by molar-refractivity contribution is -0.113. The molecule has 2 aromatic carbocycles. The van der Waals surface area contributed by atoms with Crippen molar-refractivity contribution in [2.24, 2.45) is 0 Å². The van der Waals surface area contributed by atoms with Crippen molar-refractivity contribution in [1.82, 2.24) is 0 Å². The van der Waals surface area contributed by atoms with Gasteiger partial charge in [-0.3, -0.25) is 9.52 Å². The first-order valence-electron chi connectivity index (χ1n) is 7.67. The van der Waals surface area contributed by atoms with Gasteiger partial charge in [-0.2, -0.15) is 0 Å². The molecule has 140 valence electrons. The van der Waals surface area contributed by atoms with Crippen LogP contribution in [0.3, 0.4) is 0 Å². The van der Waals surface area contributed by atoms with Gasteiger partial charge in [0.15, 0.2) is 0 Å². The van der Waals surface area contributed by atoms with Crippen molar-refractivity contribution >= 4 is 43.2 Å². The summed E-state index contributed by atoms with van der Waals surface area (Å²) in [6.07, 6.45) is 0.000225. The Hall–Kier alpha value is -2.13. The largest absolute Gasteiger partial charge is 0.491 e. The number of amides is 1. The molecule has 1 amide bonds. The zero-order valence-corrected chi connectivity index (χ0v) is 16.5. The zero-order chi connectivity index (χ0) is 19.3. The average Bonchev–Trinajstić information content (AvgIpc) is 2.50. The predicted octanol–water partition coefficient (Wildman–Crippen LogP) is 3.76. The van der Waals surface area contributed by atoms with Crippen LogP contribution in [0, 0.1) is 5.82 Å². The third-order valence-electron chi connectivity index (χ3n) is 3.03. The van der Waals surface area contributed by atoms with Gasteiger partial charge >= 0.3 is 0 Å². The molecule has 9 heteroatoms. The maximum atomic E-state index is 13.7. The Morgan fingerprint density at radius 1 is 1.19 bits per heavy atom. The van der Waals surface area contributed by atoms with Crippen LogP contribution < -0.4 is 14.8 Å². The molecule has 0 unspecified atom stereocenters. The lowest BCUT2D eigenvalue weighted by Crippen LogP contribution is -2.27. The van der Waals surface area contributed by atoms with E-state index in [2.05, 4.69) is 26.0 Å². The second kappa shape index (κ2) is 8.50. The molecular weight excluding hydrogens is 427 g/mol. The number of carbonyl (C=O) groups is 1. The predicted molar refractivity (Wildman–Crippen MR) is 102 cm³/mol. The van der Waals surface area contributed by atoms with E-state index in [0.717, 1.165) is 0 Å². The van der Waals surface area contributed by atoms with E-state index in [9.17, 15) is 17.6 Å². The number of sulfonamides is 1. The Morgan fingerprint density at radius 3 is 2.42 bits per heavy atom. The number of hydrogen-bond acceptors (Lipinski definition) is 4. The Balaban J connectivity index is 1.98. The highest BCUT2D eigenvalue weighted by molar-refractivity contribution is 9.10. The summed E-state index contributed by atoms with van der Waals surface area (Å²) in [6.45, 7) is 3.76. The summed E-state index contributed by atoms with van der Waals surface area (Å²) in [5.74, 6) is -1.75. The molecule has 0 fully saturated rings. The standard InChI is InChI=1S/C17H18BrFN2O4S/c1-11(2)25-14-6-4-13(5-7-14)21-26(23,24)10-17(22)20-16-8-3-12(18)9-15(16)19/h3-9,11,21H,10H2,1-2H3,(H,20,22).